The topological polar surface area (TPSA) is 51.2 Å². The number of rotatable bonds is 3. The molecule has 0 aliphatic heterocycles. The molecule has 1 N–H and O–H groups in total. The zero-order valence-electron chi connectivity index (χ0n) is 10.5. The minimum Gasteiger partial charge on any atom is -0.465 e. The average molecular weight is 485 g/mol. The van der Waals surface area contributed by atoms with E-state index in [0.29, 0.717) is 15.7 Å². The van der Waals surface area contributed by atoms with Crippen LogP contribution in [0.1, 0.15) is 15.4 Å². The molecule has 20 heavy (non-hydrogen) atoms. The van der Waals surface area contributed by atoms with Gasteiger partial charge in [0.1, 0.15) is 4.88 Å². The minimum atomic E-state index is -0.373. The van der Waals surface area contributed by atoms with Crippen molar-refractivity contribution in [3.63, 3.8) is 0 Å². The summed E-state index contributed by atoms with van der Waals surface area (Å²) in [5, 5.41) is 3.82. The van der Waals surface area contributed by atoms with Crippen LogP contribution in [0.15, 0.2) is 25.6 Å². The zero-order valence-corrected chi connectivity index (χ0v) is 16.0. The van der Waals surface area contributed by atoms with Crippen LogP contribution in [0.4, 0.5) is 10.8 Å². The van der Waals surface area contributed by atoms with Crippen LogP contribution < -0.4 is 5.32 Å². The Bertz CT molecular complexity index is 650. The molecule has 0 unspecified atom stereocenters. The Balaban J connectivity index is 2.34. The number of esters is 1. The second kappa shape index (κ2) is 6.55. The Hall–Kier alpha value is -0.440. The van der Waals surface area contributed by atoms with E-state index in [0.717, 1.165) is 19.1 Å². The summed E-state index contributed by atoms with van der Waals surface area (Å²) in [6, 6.07) is 3.85. The van der Waals surface area contributed by atoms with Crippen LogP contribution in [0.2, 0.25) is 0 Å². The quantitative estimate of drug-likeness (QED) is 0.603. The number of benzene rings is 1. The molecule has 106 valence electrons. The summed E-state index contributed by atoms with van der Waals surface area (Å²) in [5.41, 5.74) is 1.49. The van der Waals surface area contributed by atoms with Gasteiger partial charge in [-0.3, -0.25) is 0 Å². The average Bonchev–Trinajstić information content (AvgIpc) is 2.74. The Morgan fingerprint density at radius 3 is 2.45 bits per heavy atom. The van der Waals surface area contributed by atoms with Crippen molar-refractivity contribution in [3.8, 4) is 0 Å². The molecular formula is C12H9Br3N2O2S. The Labute approximate surface area is 145 Å². The fourth-order valence-corrected chi connectivity index (χ4v) is 4.85. The molecular weight excluding hydrogens is 476 g/mol. The predicted octanol–water partition coefficient (Wildman–Crippen LogP) is 5.27. The summed E-state index contributed by atoms with van der Waals surface area (Å²) in [5.74, 6) is -0.373. The van der Waals surface area contributed by atoms with Gasteiger partial charge in [-0.15, -0.1) is 0 Å². The SMILES string of the molecule is COC(=O)c1sc(Nc2c(Br)cc(Br)cc2Br)nc1C. The van der Waals surface area contributed by atoms with Crippen LogP contribution in [-0.2, 0) is 4.74 Å². The Kier molecular flexibility index (Phi) is 5.22. The molecule has 0 fully saturated rings. The van der Waals surface area contributed by atoms with E-state index in [1.54, 1.807) is 6.92 Å². The maximum atomic E-state index is 11.6. The monoisotopic (exact) mass is 482 g/mol. The van der Waals surface area contributed by atoms with Crippen LogP contribution in [-0.4, -0.2) is 18.1 Å². The van der Waals surface area contributed by atoms with Gasteiger partial charge in [0.2, 0.25) is 0 Å². The molecule has 0 amide bonds. The molecule has 0 atom stereocenters. The van der Waals surface area contributed by atoms with Gasteiger partial charge in [-0.05, 0) is 50.9 Å². The first-order valence-electron chi connectivity index (χ1n) is 5.39. The number of aromatic nitrogens is 1. The molecule has 0 radical (unpaired) electrons. The van der Waals surface area contributed by atoms with Gasteiger partial charge in [0.25, 0.3) is 0 Å². The van der Waals surface area contributed by atoms with Gasteiger partial charge in [0.15, 0.2) is 5.13 Å². The van der Waals surface area contributed by atoms with Crippen molar-refractivity contribution in [1.82, 2.24) is 4.98 Å². The van der Waals surface area contributed by atoms with Crippen molar-refractivity contribution >= 4 is 75.9 Å². The molecule has 0 bridgehead atoms. The molecule has 0 spiro atoms. The number of hydrogen-bond acceptors (Lipinski definition) is 5. The first-order chi connectivity index (χ1) is 9.42. The van der Waals surface area contributed by atoms with Gasteiger partial charge < -0.3 is 10.1 Å². The molecule has 2 aromatic rings. The van der Waals surface area contributed by atoms with E-state index < -0.39 is 0 Å². The molecule has 2 rings (SSSR count). The van der Waals surface area contributed by atoms with Crippen LogP contribution in [0, 0.1) is 6.92 Å². The van der Waals surface area contributed by atoms with E-state index in [9.17, 15) is 4.79 Å². The van der Waals surface area contributed by atoms with E-state index in [-0.39, 0.29) is 5.97 Å². The molecule has 0 saturated carbocycles. The van der Waals surface area contributed by atoms with E-state index in [1.807, 2.05) is 12.1 Å². The standard InChI is InChI=1S/C12H9Br3N2O2S/c1-5-10(11(18)19-2)20-12(16-5)17-9-7(14)3-6(13)4-8(9)15/h3-4H,1-2H3,(H,16,17). The summed E-state index contributed by atoms with van der Waals surface area (Å²) < 4.78 is 7.44. The van der Waals surface area contributed by atoms with Crippen molar-refractivity contribution in [2.75, 3.05) is 12.4 Å². The summed E-state index contributed by atoms with van der Waals surface area (Å²) >= 11 is 11.6. The lowest BCUT2D eigenvalue weighted by Crippen LogP contribution is -1.99. The van der Waals surface area contributed by atoms with Gasteiger partial charge in [-0.2, -0.15) is 0 Å². The number of methoxy groups -OCH3 is 1. The number of hydrogen-bond donors (Lipinski definition) is 1. The molecule has 0 aliphatic rings. The minimum absolute atomic E-state index is 0.373. The van der Waals surface area contributed by atoms with Crippen molar-refractivity contribution < 1.29 is 9.53 Å². The number of thiazole rings is 1. The number of aryl methyl sites for hydroxylation is 1. The number of halogens is 3. The molecule has 0 saturated heterocycles. The lowest BCUT2D eigenvalue weighted by molar-refractivity contribution is 0.0605. The van der Waals surface area contributed by atoms with Crippen molar-refractivity contribution in [2.24, 2.45) is 0 Å². The second-order valence-electron chi connectivity index (χ2n) is 3.79. The molecule has 8 heteroatoms. The smallest absolute Gasteiger partial charge is 0.350 e. The summed E-state index contributed by atoms with van der Waals surface area (Å²) in [4.78, 5) is 16.4. The first kappa shape index (κ1) is 15.9. The van der Waals surface area contributed by atoms with Crippen LogP contribution in [0.5, 0.6) is 0 Å². The third kappa shape index (κ3) is 3.41. The molecule has 1 heterocycles. The maximum Gasteiger partial charge on any atom is 0.350 e. The van der Waals surface area contributed by atoms with Crippen LogP contribution in [0.3, 0.4) is 0 Å². The molecule has 0 aliphatic carbocycles. The summed E-state index contributed by atoms with van der Waals surface area (Å²) in [6.07, 6.45) is 0. The van der Waals surface area contributed by atoms with Crippen molar-refractivity contribution in [1.29, 1.82) is 0 Å². The number of nitrogens with zero attached hydrogens (tertiary/aromatic N) is 1. The zero-order chi connectivity index (χ0) is 14.9. The van der Waals surface area contributed by atoms with Crippen molar-refractivity contribution in [2.45, 2.75) is 6.92 Å². The lowest BCUT2D eigenvalue weighted by Gasteiger charge is -2.08. The number of nitrogens with one attached hydrogen (secondary N) is 1. The van der Waals surface area contributed by atoms with E-state index >= 15 is 0 Å². The third-order valence-corrected chi connectivity index (χ3v) is 5.17. The second-order valence-corrected chi connectivity index (χ2v) is 7.42. The Morgan fingerprint density at radius 2 is 1.90 bits per heavy atom. The van der Waals surface area contributed by atoms with Crippen molar-refractivity contribution in [3.05, 3.63) is 36.1 Å². The Morgan fingerprint density at radius 1 is 1.30 bits per heavy atom. The van der Waals surface area contributed by atoms with E-state index in [1.165, 1.54) is 18.4 Å². The highest BCUT2D eigenvalue weighted by molar-refractivity contribution is 9.11. The maximum absolute atomic E-state index is 11.6. The van der Waals surface area contributed by atoms with E-state index in [4.69, 9.17) is 4.74 Å². The van der Waals surface area contributed by atoms with Gasteiger partial charge in [-0.25, -0.2) is 9.78 Å². The molecule has 1 aromatic carbocycles. The van der Waals surface area contributed by atoms with E-state index in [2.05, 4.69) is 58.1 Å². The fraction of sp³-hybridized carbons (Fsp3) is 0.167. The lowest BCUT2D eigenvalue weighted by atomic mass is 10.3. The van der Waals surface area contributed by atoms with Gasteiger partial charge in [0, 0.05) is 13.4 Å². The predicted molar refractivity (Wildman–Crippen MR) is 91.0 cm³/mol. The first-order valence-corrected chi connectivity index (χ1v) is 8.59. The highest BCUT2D eigenvalue weighted by Crippen LogP contribution is 2.37. The molecule has 1 aromatic heterocycles. The van der Waals surface area contributed by atoms with Gasteiger partial charge in [-0.1, -0.05) is 27.3 Å². The number of anilines is 2. The summed E-state index contributed by atoms with van der Waals surface area (Å²) in [7, 11) is 1.36. The normalized spacial score (nSPS) is 10.4. The number of carbonyl (C=O) groups excluding carboxylic acids is 1. The fourth-order valence-electron chi connectivity index (χ4n) is 1.50. The molecule has 4 nitrogen and oxygen atoms in total. The van der Waals surface area contributed by atoms with Crippen LogP contribution >= 0.6 is 59.1 Å². The highest BCUT2D eigenvalue weighted by atomic mass is 79.9. The summed E-state index contributed by atoms with van der Waals surface area (Å²) in [6.45, 7) is 1.78. The van der Waals surface area contributed by atoms with Gasteiger partial charge in [0.05, 0.1) is 18.5 Å². The number of carbonyl (C=O) groups is 1. The van der Waals surface area contributed by atoms with Gasteiger partial charge >= 0.3 is 5.97 Å². The highest BCUT2D eigenvalue weighted by Gasteiger charge is 2.17. The largest absolute Gasteiger partial charge is 0.465 e. The third-order valence-electron chi connectivity index (χ3n) is 2.41. The number of ether oxygens (including phenoxy) is 1. The van der Waals surface area contributed by atoms with Crippen LogP contribution in [0.25, 0.3) is 0 Å².